The molecule has 45 heavy (non-hydrogen) atoms. The lowest BCUT2D eigenvalue weighted by Gasteiger charge is -2.32. The quantitative estimate of drug-likeness (QED) is 0.133. The largest absolute Gasteiger partial charge is 0.352 e. The van der Waals surface area contributed by atoms with E-state index in [1.165, 1.54) is 26.1 Å². The zero-order valence-corrected chi connectivity index (χ0v) is 27.8. The second kappa shape index (κ2) is 16.5. The number of pyridine rings is 1. The first-order chi connectivity index (χ1) is 21.7. The maximum atomic E-state index is 14.4. The zero-order chi connectivity index (χ0) is 33.0. The molecule has 6 nitrogen and oxygen atoms in total. The van der Waals surface area contributed by atoms with Crippen molar-refractivity contribution in [2.75, 3.05) is 26.2 Å². The molecule has 1 amide bonds. The molecule has 0 radical (unpaired) electrons. The fraction of sp³-hybridized carbons (Fsp3) is 0.447. The molecule has 3 aromatic rings. The van der Waals surface area contributed by atoms with Crippen molar-refractivity contribution in [2.45, 2.75) is 78.3 Å². The summed E-state index contributed by atoms with van der Waals surface area (Å²) in [6, 6.07) is 19.4. The highest BCUT2D eigenvalue weighted by Crippen LogP contribution is 2.51. The van der Waals surface area contributed by atoms with Crippen LogP contribution < -0.4 is 10.9 Å². The fourth-order valence-electron chi connectivity index (χ4n) is 6.27. The summed E-state index contributed by atoms with van der Waals surface area (Å²) in [5.41, 5.74) is 1.54. The molecule has 0 saturated carbocycles. The number of benzene rings is 2. The van der Waals surface area contributed by atoms with Crippen LogP contribution in [-0.2, 0) is 10.2 Å². The van der Waals surface area contributed by atoms with Gasteiger partial charge in [-0.3, -0.25) is 14.4 Å². The number of hydrogen-bond acceptors (Lipinski definition) is 4. The summed E-state index contributed by atoms with van der Waals surface area (Å²) >= 11 is 0. The molecule has 242 valence electrons. The van der Waals surface area contributed by atoms with Crippen molar-refractivity contribution in [3.05, 3.63) is 106 Å². The number of ketones is 1. The molecule has 7 heteroatoms. The highest BCUT2D eigenvalue weighted by atomic mass is 19.1. The Balaban J connectivity index is 0.00000133. The van der Waals surface area contributed by atoms with E-state index in [9.17, 15) is 18.8 Å². The third-order valence-electron chi connectivity index (χ3n) is 8.31. The first-order valence-corrected chi connectivity index (χ1v) is 16.5. The van der Waals surface area contributed by atoms with Gasteiger partial charge >= 0.3 is 0 Å². The molecular weight excluding hydrogens is 565 g/mol. The number of carbonyl (C=O) groups excluding carboxylic acids is 2. The van der Waals surface area contributed by atoms with Crippen LogP contribution in [0, 0.1) is 5.92 Å². The third kappa shape index (κ3) is 8.46. The Labute approximate surface area is 268 Å². The number of hydrogen-bond donors (Lipinski definition) is 2. The lowest BCUT2D eigenvalue weighted by Crippen LogP contribution is -2.47. The molecule has 1 fully saturated rings. The Kier molecular flexibility index (Phi) is 13.0. The van der Waals surface area contributed by atoms with Gasteiger partial charge in [-0.1, -0.05) is 88.7 Å². The van der Waals surface area contributed by atoms with Crippen LogP contribution in [0.1, 0.15) is 88.7 Å². The molecule has 5 rings (SSSR count). The summed E-state index contributed by atoms with van der Waals surface area (Å²) in [7, 11) is 0. The van der Waals surface area contributed by atoms with Gasteiger partial charge in [0.15, 0.2) is 5.78 Å². The van der Waals surface area contributed by atoms with Crippen molar-refractivity contribution in [1.29, 1.82) is 0 Å². The van der Waals surface area contributed by atoms with Crippen molar-refractivity contribution >= 4 is 11.7 Å². The Hall–Kier alpha value is -3.84. The Morgan fingerprint density at radius 2 is 1.60 bits per heavy atom. The van der Waals surface area contributed by atoms with Gasteiger partial charge in [-0.05, 0) is 92.6 Å². The minimum Gasteiger partial charge on any atom is -0.352 e. The SMILES string of the molecule is CC.CC.CC(C)(F)CNC(=O)C1(CCCCN2CCC(/C=C\C(=O)c3ccc[nH]c3=O)C2)c2ccccc2-c2ccccc21. The van der Waals surface area contributed by atoms with E-state index in [0.717, 1.165) is 61.2 Å². The van der Waals surface area contributed by atoms with Gasteiger partial charge in [0.1, 0.15) is 11.1 Å². The highest BCUT2D eigenvalue weighted by Gasteiger charge is 2.48. The molecule has 1 aliphatic heterocycles. The van der Waals surface area contributed by atoms with Gasteiger partial charge in [-0.25, -0.2) is 4.39 Å². The molecule has 2 aliphatic rings. The number of allylic oxidation sites excluding steroid dienone is 1. The van der Waals surface area contributed by atoms with E-state index in [4.69, 9.17) is 0 Å². The molecule has 1 saturated heterocycles. The number of fused-ring (bicyclic) bond motifs is 3. The lowest BCUT2D eigenvalue weighted by molar-refractivity contribution is -0.126. The van der Waals surface area contributed by atoms with Crippen LogP contribution in [0.25, 0.3) is 11.1 Å². The number of rotatable bonds is 11. The normalized spacial score (nSPS) is 16.6. The van der Waals surface area contributed by atoms with Crippen molar-refractivity contribution in [3.8, 4) is 11.1 Å². The molecule has 1 atom stereocenters. The second-order valence-corrected chi connectivity index (χ2v) is 11.8. The number of aromatic amines is 1. The predicted molar refractivity (Wildman–Crippen MR) is 182 cm³/mol. The number of nitrogens with one attached hydrogen (secondary N) is 2. The average molecular weight is 616 g/mol. The maximum Gasteiger partial charge on any atom is 0.259 e. The lowest BCUT2D eigenvalue weighted by atomic mass is 9.73. The summed E-state index contributed by atoms with van der Waals surface area (Å²) in [6.07, 6.45) is 8.31. The summed E-state index contributed by atoms with van der Waals surface area (Å²) in [5, 5.41) is 2.93. The third-order valence-corrected chi connectivity index (χ3v) is 8.31. The van der Waals surface area contributed by atoms with Crippen molar-refractivity contribution in [3.63, 3.8) is 0 Å². The summed E-state index contributed by atoms with van der Waals surface area (Å²) in [6.45, 7) is 13.6. The van der Waals surface area contributed by atoms with Gasteiger partial charge in [0.05, 0.1) is 12.1 Å². The summed E-state index contributed by atoms with van der Waals surface area (Å²) in [5.74, 6) is -0.160. The minimum absolute atomic E-state index is 0.0399. The number of aromatic nitrogens is 1. The summed E-state index contributed by atoms with van der Waals surface area (Å²) < 4.78 is 14.4. The number of H-pyrrole nitrogens is 1. The molecule has 1 aromatic heterocycles. The van der Waals surface area contributed by atoms with Gasteiger partial charge in [0.25, 0.3) is 5.56 Å². The van der Waals surface area contributed by atoms with E-state index >= 15 is 0 Å². The minimum atomic E-state index is -1.50. The van der Waals surface area contributed by atoms with E-state index in [1.807, 2.05) is 70.2 Å². The van der Waals surface area contributed by atoms with Crippen LogP contribution in [0.15, 0.2) is 83.8 Å². The molecule has 2 N–H and O–H groups in total. The average Bonchev–Trinajstić information content (AvgIpc) is 3.63. The molecule has 0 bridgehead atoms. The number of amides is 1. The van der Waals surface area contributed by atoms with Crippen LogP contribution in [0.5, 0.6) is 0 Å². The van der Waals surface area contributed by atoms with E-state index in [-0.39, 0.29) is 35.3 Å². The number of halogens is 1. The van der Waals surface area contributed by atoms with Crippen LogP contribution >= 0.6 is 0 Å². The molecule has 1 aliphatic carbocycles. The van der Waals surface area contributed by atoms with E-state index in [2.05, 4.69) is 27.3 Å². The zero-order valence-electron chi connectivity index (χ0n) is 27.8. The van der Waals surface area contributed by atoms with Crippen LogP contribution in [0.3, 0.4) is 0 Å². The number of unbranched alkanes of at least 4 members (excludes halogenated alkanes) is 1. The monoisotopic (exact) mass is 615 g/mol. The van der Waals surface area contributed by atoms with Crippen molar-refractivity contribution < 1.29 is 14.0 Å². The molecule has 0 spiro atoms. The van der Waals surface area contributed by atoms with Gasteiger partial charge < -0.3 is 15.2 Å². The van der Waals surface area contributed by atoms with Gasteiger partial charge in [0.2, 0.25) is 5.91 Å². The number of nitrogens with zero attached hydrogens (tertiary/aromatic N) is 1. The number of likely N-dealkylation sites (tertiary alicyclic amines) is 1. The van der Waals surface area contributed by atoms with Crippen molar-refractivity contribution in [1.82, 2.24) is 15.2 Å². The van der Waals surface area contributed by atoms with Gasteiger partial charge in [-0.15, -0.1) is 0 Å². The van der Waals surface area contributed by atoms with Crippen molar-refractivity contribution in [2.24, 2.45) is 5.92 Å². The van der Waals surface area contributed by atoms with E-state index in [0.29, 0.717) is 6.42 Å². The molecule has 2 heterocycles. The van der Waals surface area contributed by atoms with Gasteiger partial charge in [0, 0.05) is 12.7 Å². The van der Waals surface area contributed by atoms with Gasteiger partial charge in [-0.2, -0.15) is 0 Å². The first kappa shape index (κ1) is 35.6. The molecule has 2 aromatic carbocycles. The second-order valence-electron chi connectivity index (χ2n) is 11.8. The maximum absolute atomic E-state index is 14.4. The van der Waals surface area contributed by atoms with Crippen LogP contribution in [0.2, 0.25) is 0 Å². The van der Waals surface area contributed by atoms with E-state index in [1.54, 1.807) is 12.1 Å². The number of carbonyl (C=O) groups is 2. The van der Waals surface area contributed by atoms with Crippen LogP contribution in [-0.4, -0.2) is 53.4 Å². The molecular formula is C38H50FN3O3. The topological polar surface area (TPSA) is 82.3 Å². The highest BCUT2D eigenvalue weighted by molar-refractivity contribution is 6.04. The number of alkyl halides is 1. The Morgan fingerprint density at radius 3 is 2.20 bits per heavy atom. The van der Waals surface area contributed by atoms with E-state index < -0.39 is 11.1 Å². The summed E-state index contributed by atoms with van der Waals surface area (Å²) in [4.78, 5) is 43.2. The first-order valence-electron chi connectivity index (χ1n) is 16.5. The Morgan fingerprint density at radius 1 is 0.978 bits per heavy atom. The predicted octanol–water partition coefficient (Wildman–Crippen LogP) is 7.49. The smallest absolute Gasteiger partial charge is 0.259 e. The molecule has 1 unspecified atom stereocenters. The Bertz CT molecular complexity index is 1460. The standard InChI is InChI=1S/C34H38FN3O3.2C2H6/c1-33(2,35)23-37-32(41)34(28-13-5-3-10-25(28)26-11-4-6-14-29(26)34)18-7-8-20-38-21-17-24(22-38)15-16-30(39)27-12-9-19-36-31(27)40;2*1-2/h3-6,9-16,19,24H,7-8,17-18,20-23H2,1-2H3,(H,36,40)(H,37,41);2*1-2H3/b16-15-;;. The fourth-order valence-corrected chi connectivity index (χ4v) is 6.27. The van der Waals surface area contributed by atoms with Crippen LogP contribution in [0.4, 0.5) is 4.39 Å².